The van der Waals surface area contributed by atoms with Crippen molar-refractivity contribution in [3.05, 3.63) is 48.0 Å². The van der Waals surface area contributed by atoms with Crippen LogP contribution in [-0.4, -0.2) is 24.5 Å². The molecule has 0 atom stereocenters. The fourth-order valence-corrected chi connectivity index (χ4v) is 3.61. The zero-order valence-corrected chi connectivity index (χ0v) is 15.7. The summed E-state index contributed by atoms with van der Waals surface area (Å²) in [4.78, 5) is 23.6. The van der Waals surface area contributed by atoms with Crippen LogP contribution in [0, 0.1) is 0 Å². The van der Waals surface area contributed by atoms with Gasteiger partial charge in [-0.25, -0.2) is 0 Å². The predicted molar refractivity (Wildman–Crippen MR) is 107 cm³/mol. The summed E-state index contributed by atoms with van der Waals surface area (Å²) in [5, 5.41) is 5.65. The van der Waals surface area contributed by atoms with Crippen molar-refractivity contribution in [2.24, 2.45) is 0 Å². The summed E-state index contributed by atoms with van der Waals surface area (Å²) in [5.41, 5.74) is 2.55. The number of nitrogens with one attached hydrogen (secondary N) is 2. The third kappa shape index (κ3) is 4.63. The van der Waals surface area contributed by atoms with E-state index in [1.54, 1.807) is 6.07 Å². The van der Waals surface area contributed by atoms with E-state index in [0.29, 0.717) is 30.4 Å². The highest BCUT2D eigenvalue weighted by atomic mass is 16.5. The molecule has 2 N–H and O–H groups in total. The van der Waals surface area contributed by atoms with E-state index in [1.165, 1.54) is 12.8 Å². The van der Waals surface area contributed by atoms with Crippen molar-refractivity contribution in [3.63, 3.8) is 0 Å². The van der Waals surface area contributed by atoms with Crippen LogP contribution in [0.3, 0.4) is 0 Å². The van der Waals surface area contributed by atoms with E-state index in [9.17, 15) is 9.59 Å². The van der Waals surface area contributed by atoms with Crippen LogP contribution in [0.25, 0.3) is 0 Å². The normalized spacial score (nSPS) is 16.2. The van der Waals surface area contributed by atoms with Gasteiger partial charge in [-0.2, -0.15) is 0 Å². The molecule has 146 valence electrons. The number of rotatable bonds is 6. The number of hydrogen-bond acceptors (Lipinski definition) is 4. The number of anilines is 2. The first-order valence-corrected chi connectivity index (χ1v) is 9.78. The van der Waals surface area contributed by atoms with E-state index in [2.05, 4.69) is 10.6 Å². The minimum atomic E-state index is -0.226. The molecule has 1 heterocycles. The second kappa shape index (κ2) is 8.33. The summed E-state index contributed by atoms with van der Waals surface area (Å²) in [7, 11) is 0. The van der Waals surface area contributed by atoms with Gasteiger partial charge in [-0.1, -0.05) is 0 Å². The summed E-state index contributed by atoms with van der Waals surface area (Å²) in [6.07, 6.45) is 6.17. The molecule has 6 heteroatoms. The van der Waals surface area contributed by atoms with Gasteiger partial charge in [0.2, 0.25) is 5.91 Å². The number of hydrogen-bond donors (Lipinski definition) is 2. The summed E-state index contributed by atoms with van der Waals surface area (Å²) in [6, 6.07) is 12.9. The van der Waals surface area contributed by atoms with Crippen molar-refractivity contribution < 1.29 is 19.1 Å². The van der Waals surface area contributed by atoms with E-state index in [4.69, 9.17) is 9.47 Å². The molecule has 28 heavy (non-hydrogen) atoms. The van der Waals surface area contributed by atoms with Crippen LogP contribution in [0.4, 0.5) is 11.4 Å². The lowest BCUT2D eigenvalue weighted by Gasteiger charge is -2.17. The van der Waals surface area contributed by atoms with E-state index < -0.39 is 0 Å². The number of amides is 2. The van der Waals surface area contributed by atoms with Gasteiger partial charge in [0.05, 0.1) is 6.10 Å². The van der Waals surface area contributed by atoms with Crippen LogP contribution >= 0.6 is 0 Å². The Kier molecular flexibility index (Phi) is 5.46. The molecule has 1 fully saturated rings. The second-order valence-corrected chi connectivity index (χ2v) is 7.25. The van der Waals surface area contributed by atoms with Crippen molar-refractivity contribution in [3.8, 4) is 11.5 Å². The van der Waals surface area contributed by atoms with Crippen LogP contribution in [0.5, 0.6) is 11.5 Å². The standard InChI is InChI=1S/C22H24N2O4/c25-21-12-5-15-13-19(10-11-20(15)24-21)27-14-22(26)23-16-6-8-18(9-7-16)28-17-3-1-2-4-17/h6-11,13,17H,1-5,12,14H2,(H,23,26)(H,24,25). The molecule has 2 amide bonds. The lowest BCUT2D eigenvalue weighted by molar-refractivity contribution is -0.118. The first kappa shape index (κ1) is 18.3. The minimum Gasteiger partial charge on any atom is -0.490 e. The molecule has 0 saturated heterocycles. The van der Waals surface area contributed by atoms with Gasteiger partial charge in [-0.15, -0.1) is 0 Å². The lowest BCUT2D eigenvalue weighted by atomic mass is 10.0. The van der Waals surface area contributed by atoms with E-state index in [1.807, 2.05) is 36.4 Å². The first-order valence-electron chi connectivity index (χ1n) is 9.78. The summed E-state index contributed by atoms with van der Waals surface area (Å²) in [6.45, 7) is -0.0779. The molecule has 4 rings (SSSR count). The van der Waals surface area contributed by atoms with Crippen LogP contribution in [0.1, 0.15) is 37.7 Å². The maximum atomic E-state index is 12.2. The van der Waals surface area contributed by atoms with Crippen LogP contribution in [-0.2, 0) is 16.0 Å². The summed E-state index contributed by atoms with van der Waals surface area (Å²) in [5.74, 6) is 1.25. The van der Waals surface area contributed by atoms with E-state index in [-0.39, 0.29) is 18.4 Å². The monoisotopic (exact) mass is 380 g/mol. The Morgan fingerprint density at radius 3 is 2.57 bits per heavy atom. The molecule has 1 aliphatic carbocycles. The Bertz CT molecular complexity index is 857. The molecule has 1 saturated carbocycles. The highest BCUT2D eigenvalue weighted by Gasteiger charge is 2.17. The molecular formula is C22H24N2O4. The van der Waals surface area contributed by atoms with Crippen molar-refractivity contribution >= 4 is 23.2 Å². The van der Waals surface area contributed by atoms with Gasteiger partial charge in [0.25, 0.3) is 5.91 Å². The van der Waals surface area contributed by atoms with Gasteiger partial charge < -0.3 is 20.1 Å². The van der Waals surface area contributed by atoms with Crippen molar-refractivity contribution in [2.45, 2.75) is 44.6 Å². The molecule has 0 spiro atoms. The Morgan fingerprint density at radius 1 is 1.04 bits per heavy atom. The summed E-state index contributed by atoms with van der Waals surface area (Å²) >= 11 is 0. The van der Waals surface area contributed by atoms with E-state index >= 15 is 0 Å². The third-order valence-electron chi connectivity index (χ3n) is 5.09. The molecule has 0 radical (unpaired) electrons. The average molecular weight is 380 g/mol. The zero-order valence-electron chi connectivity index (χ0n) is 15.7. The van der Waals surface area contributed by atoms with Gasteiger partial charge >= 0.3 is 0 Å². The summed E-state index contributed by atoms with van der Waals surface area (Å²) < 4.78 is 11.5. The average Bonchev–Trinajstić information content (AvgIpc) is 3.21. The number of benzene rings is 2. The van der Waals surface area contributed by atoms with Gasteiger partial charge in [0.1, 0.15) is 11.5 Å². The molecular weight excluding hydrogens is 356 g/mol. The van der Waals surface area contributed by atoms with Gasteiger partial charge in [0.15, 0.2) is 6.61 Å². The van der Waals surface area contributed by atoms with Crippen LogP contribution < -0.4 is 20.1 Å². The topological polar surface area (TPSA) is 76.7 Å². The number of fused-ring (bicyclic) bond motifs is 1. The zero-order chi connectivity index (χ0) is 19.3. The van der Waals surface area contributed by atoms with Gasteiger partial charge in [0, 0.05) is 17.8 Å². The first-order chi connectivity index (χ1) is 13.7. The van der Waals surface area contributed by atoms with Gasteiger partial charge in [-0.3, -0.25) is 9.59 Å². The quantitative estimate of drug-likeness (QED) is 0.797. The van der Waals surface area contributed by atoms with Crippen molar-refractivity contribution in [1.82, 2.24) is 0 Å². The molecule has 0 bridgehead atoms. The fourth-order valence-electron chi connectivity index (χ4n) is 3.61. The van der Waals surface area contributed by atoms with Crippen LogP contribution in [0.15, 0.2) is 42.5 Å². The van der Waals surface area contributed by atoms with Crippen molar-refractivity contribution in [2.75, 3.05) is 17.2 Å². The van der Waals surface area contributed by atoms with Gasteiger partial charge in [-0.05, 0) is 80.1 Å². The fraction of sp³-hybridized carbons (Fsp3) is 0.364. The maximum Gasteiger partial charge on any atom is 0.262 e. The lowest BCUT2D eigenvalue weighted by Crippen LogP contribution is -2.21. The molecule has 6 nitrogen and oxygen atoms in total. The second-order valence-electron chi connectivity index (χ2n) is 7.25. The number of carbonyl (C=O) groups is 2. The van der Waals surface area contributed by atoms with Crippen molar-refractivity contribution in [1.29, 1.82) is 0 Å². The Morgan fingerprint density at radius 2 is 1.79 bits per heavy atom. The maximum absolute atomic E-state index is 12.2. The largest absolute Gasteiger partial charge is 0.490 e. The molecule has 2 aromatic carbocycles. The number of ether oxygens (including phenoxy) is 2. The highest BCUT2D eigenvalue weighted by Crippen LogP contribution is 2.27. The Labute approximate surface area is 164 Å². The highest BCUT2D eigenvalue weighted by molar-refractivity contribution is 5.94. The predicted octanol–water partition coefficient (Wildman–Crippen LogP) is 3.91. The SMILES string of the molecule is O=C(COc1ccc2c(c1)CCC(=O)N2)Nc1ccc(OC2CCCC2)cc1. The molecule has 1 aliphatic heterocycles. The Balaban J connectivity index is 1.27. The Hall–Kier alpha value is -3.02. The third-order valence-corrected chi connectivity index (χ3v) is 5.09. The number of aryl methyl sites for hydroxylation is 1. The number of carbonyl (C=O) groups excluding carboxylic acids is 2. The molecule has 2 aromatic rings. The van der Waals surface area contributed by atoms with Crippen LogP contribution in [0.2, 0.25) is 0 Å². The minimum absolute atomic E-state index is 0.0280. The smallest absolute Gasteiger partial charge is 0.262 e. The molecule has 2 aliphatic rings. The van der Waals surface area contributed by atoms with E-state index in [0.717, 1.165) is 29.8 Å². The molecule has 0 unspecified atom stereocenters. The molecule has 0 aromatic heterocycles.